The predicted octanol–water partition coefficient (Wildman–Crippen LogP) is 2.82. The van der Waals surface area contributed by atoms with Gasteiger partial charge in [-0.25, -0.2) is 4.39 Å². The lowest BCUT2D eigenvalue weighted by Gasteiger charge is -2.31. The fourth-order valence-corrected chi connectivity index (χ4v) is 4.45. The lowest BCUT2D eigenvalue weighted by molar-refractivity contribution is 0.0314. The molecule has 1 aromatic heterocycles. The van der Waals surface area contributed by atoms with Crippen LogP contribution in [0.1, 0.15) is 27.7 Å². The zero-order valence-electron chi connectivity index (χ0n) is 17.7. The molecule has 5 rings (SSSR count). The van der Waals surface area contributed by atoms with Crippen molar-refractivity contribution in [3.8, 4) is 5.75 Å². The first kappa shape index (κ1) is 20.7. The van der Waals surface area contributed by atoms with Gasteiger partial charge in [0, 0.05) is 37.8 Å². The Hall–Kier alpha value is -3.23. The third-order valence-electron chi connectivity index (χ3n) is 6.14. The molecule has 0 spiro atoms. The van der Waals surface area contributed by atoms with Crippen molar-refractivity contribution < 1.29 is 23.1 Å². The molecule has 1 amide bonds. The van der Waals surface area contributed by atoms with E-state index in [0.29, 0.717) is 37.4 Å². The number of benzene rings is 2. The fraction of sp³-hybridized carbons (Fsp3) is 0.333. The average Bonchev–Trinajstić information content (AvgIpc) is 3.10. The number of carbonyl (C=O) groups is 1. The highest BCUT2D eigenvalue weighted by Gasteiger charge is 2.43. The van der Waals surface area contributed by atoms with E-state index in [1.165, 1.54) is 13.2 Å². The van der Waals surface area contributed by atoms with Gasteiger partial charge in [0.25, 0.3) is 5.91 Å². The summed E-state index contributed by atoms with van der Waals surface area (Å²) in [5.41, 5.74) is 0.393. The number of rotatable bonds is 5. The molecular formula is C24H23FN2O5. The highest BCUT2D eigenvalue weighted by atomic mass is 19.1. The molecule has 166 valence electrons. The number of methoxy groups -OCH3 is 1. The molecule has 2 aromatic carbocycles. The number of amides is 1. The van der Waals surface area contributed by atoms with Crippen molar-refractivity contribution >= 4 is 16.9 Å². The van der Waals surface area contributed by atoms with Crippen LogP contribution in [0.5, 0.6) is 5.75 Å². The van der Waals surface area contributed by atoms with E-state index in [2.05, 4.69) is 4.90 Å². The molecule has 1 atom stereocenters. The first-order chi connectivity index (χ1) is 15.6. The molecule has 0 N–H and O–H groups in total. The summed E-state index contributed by atoms with van der Waals surface area (Å²) in [5.74, 6) is -0.404. The zero-order valence-corrected chi connectivity index (χ0v) is 17.7. The highest BCUT2D eigenvalue weighted by molar-refractivity contribution is 5.99. The highest BCUT2D eigenvalue weighted by Crippen LogP contribution is 2.39. The maximum atomic E-state index is 14.9. The molecule has 8 heteroatoms. The molecule has 0 unspecified atom stereocenters. The van der Waals surface area contributed by atoms with Crippen molar-refractivity contribution in [3.63, 3.8) is 0 Å². The number of carbonyl (C=O) groups excluding carboxylic acids is 1. The summed E-state index contributed by atoms with van der Waals surface area (Å²) in [5, 5.41) is 0.328. The van der Waals surface area contributed by atoms with Gasteiger partial charge >= 0.3 is 0 Å². The van der Waals surface area contributed by atoms with Gasteiger partial charge in [0.05, 0.1) is 37.3 Å². The molecule has 1 fully saturated rings. The number of morpholine rings is 1. The van der Waals surface area contributed by atoms with Crippen LogP contribution in [0, 0.1) is 5.82 Å². The Morgan fingerprint density at radius 2 is 1.88 bits per heavy atom. The monoisotopic (exact) mass is 438 g/mol. The van der Waals surface area contributed by atoms with E-state index in [1.807, 2.05) is 0 Å². The maximum absolute atomic E-state index is 14.9. The molecule has 0 radical (unpaired) electrons. The van der Waals surface area contributed by atoms with Gasteiger partial charge in [0.15, 0.2) is 5.43 Å². The molecule has 2 aliphatic rings. The predicted molar refractivity (Wildman–Crippen MR) is 116 cm³/mol. The van der Waals surface area contributed by atoms with Gasteiger partial charge in [-0.2, -0.15) is 0 Å². The summed E-state index contributed by atoms with van der Waals surface area (Å²) in [7, 11) is 1.51. The van der Waals surface area contributed by atoms with Gasteiger partial charge in [-0.3, -0.25) is 14.5 Å². The Balaban J connectivity index is 1.62. The lowest BCUT2D eigenvalue weighted by Crippen LogP contribution is -2.42. The van der Waals surface area contributed by atoms with Crippen LogP contribution in [0.15, 0.2) is 51.7 Å². The molecule has 0 aliphatic carbocycles. The Kier molecular flexibility index (Phi) is 5.40. The topological polar surface area (TPSA) is 72.2 Å². The van der Waals surface area contributed by atoms with E-state index in [1.54, 1.807) is 41.3 Å². The Morgan fingerprint density at radius 3 is 2.62 bits per heavy atom. The SMILES string of the molecule is COc1ccc2c(=O)c3c(oc2c1)C(=O)N(CCN1CCOCC1)[C@@H]3c1ccccc1F. The van der Waals surface area contributed by atoms with Gasteiger partial charge < -0.3 is 18.8 Å². The summed E-state index contributed by atoms with van der Waals surface area (Å²) in [6.45, 7) is 3.73. The van der Waals surface area contributed by atoms with E-state index in [9.17, 15) is 14.0 Å². The van der Waals surface area contributed by atoms with Crippen molar-refractivity contribution in [1.29, 1.82) is 0 Å². The first-order valence-electron chi connectivity index (χ1n) is 10.6. The Morgan fingerprint density at radius 1 is 1.09 bits per heavy atom. The number of ether oxygens (including phenoxy) is 2. The minimum atomic E-state index is -0.845. The summed E-state index contributed by atoms with van der Waals surface area (Å²) in [6.07, 6.45) is 0. The van der Waals surface area contributed by atoms with Crippen molar-refractivity contribution in [2.75, 3.05) is 46.5 Å². The maximum Gasteiger partial charge on any atom is 0.290 e. The number of hydrogen-bond acceptors (Lipinski definition) is 6. The van der Waals surface area contributed by atoms with E-state index in [0.717, 1.165) is 13.1 Å². The van der Waals surface area contributed by atoms with Crippen LogP contribution < -0.4 is 10.2 Å². The Labute approximate surface area is 183 Å². The largest absolute Gasteiger partial charge is 0.497 e. The van der Waals surface area contributed by atoms with Gasteiger partial charge in [0.2, 0.25) is 5.76 Å². The second-order valence-electron chi connectivity index (χ2n) is 7.91. The summed E-state index contributed by atoms with van der Waals surface area (Å²) >= 11 is 0. The number of halogens is 1. The van der Waals surface area contributed by atoms with Crippen LogP contribution in [0.25, 0.3) is 11.0 Å². The second-order valence-corrected chi connectivity index (χ2v) is 7.91. The number of fused-ring (bicyclic) bond motifs is 2. The van der Waals surface area contributed by atoms with Gasteiger partial charge in [-0.1, -0.05) is 18.2 Å². The summed E-state index contributed by atoms with van der Waals surface area (Å²) < 4.78 is 31.4. The van der Waals surface area contributed by atoms with Crippen molar-refractivity contribution in [2.24, 2.45) is 0 Å². The molecule has 7 nitrogen and oxygen atoms in total. The standard InChI is InChI=1S/C24H23FN2O5/c1-30-15-6-7-17-19(14-15)32-23-20(22(17)28)21(16-4-2-3-5-18(16)25)27(24(23)29)9-8-26-10-12-31-13-11-26/h2-7,14,21H,8-13H2,1H3/t21-/m1/s1. The van der Waals surface area contributed by atoms with Crippen LogP contribution in [-0.4, -0.2) is 62.2 Å². The quantitative estimate of drug-likeness (QED) is 0.610. The molecular weight excluding hydrogens is 415 g/mol. The van der Waals surface area contributed by atoms with Crippen LogP contribution in [0.4, 0.5) is 4.39 Å². The second kappa shape index (κ2) is 8.37. The van der Waals surface area contributed by atoms with E-state index in [-0.39, 0.29) is 27.9 Å². The third-order valence-corrected chi connectivity index (χ3v) is 6.14. The van der Waals surface area contributed by atoms with E-state index >= 15 is 0 Å². The van der Waals surface area contributed by atoms with Gasteiger partial charge in [0.1, 0.15) is 17.1 Å². The fourth-order valence-electron chi connectivity index (χ4n) is 4.45. The summed E-state index contributed by atoms with van der Waals surface area (Å²) in [4.78, 5) is 30.6. The van der Waals surface area contributed by atoms with Crippen LogP contribution >= 0.6 is 0 Å². The molecule has 1 saturated heterocycles. The molecule has 0 saturated carbocycles. The molecule has 0 bridgehead atoms. The smallest absolute Gasteiger partial charge is 0.290 e. The van der Waals surface area contributed by atoms with E-state index < -0.39 is 17.8 Å². The van der Waals surface area contributed by atoms with Crippen molar-refractivity contribution in [2.45, 2.75) is 6.04 Å². The molecule has 32 heavy (non-hydrogen) atoms. The number of nitrogens with zero attached hydrogens (tertiary/aromatic N) is 2. The molecule has 2 aliphatic heterocycles. The normalized spacial score (nSPS) is 18.9. The molecule has 3 aromatic rings. The van der Waals surface area contributed by atoms with E-state index in [4.69, 9.17) is 13.9 Å². The summed E-state index contributed by atoms with van der Waals surface area (Å²) in [6, 6.07) is 10.3. The third kappa shape index (κ3) is 3.45. The van der Waals surface area contributed by atoms with Crippen molar-refractivity contribution in [3.05, 3.63) is 75.4 Å². The zero-order chi connectivity index (χ0) is 22.2. The lowest BCUT2D eigenvalue weighted by atomic mass is 9.98. The molecule has 3 heterocycles. The van der Waals surface area contributed by atoms with Gasteiger partial charge in [-0.05, 0) is 18.2 Å². The average molecular weight is 438 g/mol. The minimum Gasteiger partial charge on any atom is -0.497 e. The van der Waals surface area contributed by atoms with Crippen LogP contribution in [-0.2, 0) is 4.74 Å². The first-order valence-corrected chi connectivity index (χ1v) is 10.6. The number of hydrogen-bond donors (Lipinski definition) is 0. The van der Waals surface area contributed by atoms with Crippen LogP contribution in [0.2, 0.25) is 0 Å². The minimum absolute atomic E-state index is 0.0361. The van der Waals surface area contributed by atoms with Gasteiger partial charge in [-0.15, -0.1) is 0 Å². The van der Waals surface area contributed by atoms with Crippen LogP contribution in [0.3, 0.4) is 0 Å². The Bertz CT molecular complexity index is 1230. The van der Waals surface area contributed by atoms with Crippen molar-refractivity contribution in [1.82, 2.24) is 9.80 Å².